The van der Waals surface area contributed by atoms with Gasteiger partial charge in [0, 0.05) is 42.6 Å². The maximum absolute atomic E-state index is 13.0. The lowest BCUT2D eigenvalue weighted by Crippen LogP contribution is -2.38. The number of nitrogens with zero attached hydrogens (tertiary/aromatic N) is 2. The Morgan fingerprint density at radius 2 is 2.04 bits per heavy atom. The summed E-state index contributed by atoms with van der Waals surface area (Å²) in [5.41, 5.74) is 9.33. The van der Waals surface area contributed by atoms with Crippen LogP contribution in [0.1, 0.15) is 34.9 Å². The molecule has 2 N–H and O–H groups in total. The van der Waals surface area contributed by atoms with E-state index in [9.17, 15) is 10.1 Å². The number of carbonyl (C=O) groups excluding carboxylic acids is 1. The number of nitriles is 1. The van der Waals surface area contributed by atoms with Crippen LogP contribution in [0, 0.1) is 18.3 Å². The predicted molar refractivity (Wildman–Crippen MR) is 116 cm³/mol. The highest BCUT2D eigenvalue weighted by atomic mass is 79.9. The Balaban J connectivity index is 1.96. The van der Waals surface area contributed by atoms with Gasteiger partial charge in [0.05, 0.1) is 17.6 Å². The zero-order valence-corrected chi connectivity index (χ0v) is 18.3. The number of Topliss-reactive ketones (excluding diaryl/α,β-unsaturated/α-hetero) is 1. The highest BCUT2D eigenvalue weighted by Gasteiger charge is 2.41. The molecule has 0 radical (unpaired) electrons. The Kier molecular flexibility index (Phi) is 5.09. The molecule has 1 aliphatic heterocycles. The first-order valence-corrected chi connectivity index (χ1v) is 10.9. The van der Waals surface area contributed by atoms with Crippen molar-refractivity contribution < 1.29 is 4.79 Å². The topological polar surface area (TPSA) is 70.1 Å². The maximum atomic E-state index is 13.0. The van der Waals surface area contributed by atoms with Gasteiger partial charge < -0.3 is 5.73 Å². The summed E-state index contributed by atoms with van der Waals surface area (Å²) < 4.78 is 0.980. The summed E-state index contributed by atoms with van der Waals surface area (Å²) in [4.78, 5) is 16.9. The Labute approximate surface area is 181 Å². The first kappa shape index (κ1) is 19.3. The number of nitrogens with two attached hydrogens (primary N) is 1. The Hall–Kier alpha value is -2.07. The molecule has 0 bridgehead atoms. The monoisotopic (exact) mass is 473 g/mol. The van der Waals surface area contributed by atoms with E-state index in [1.165, 1.54) is 0 Å². The molecular weight excluding hydrogens is 458 g/mol. The fraction of sp³-hybridized carbons (Fsp3) is 0.238. The Morgan fingerprint density at radius 1 is 1.32 bits per heavy atom. The largest absolute Gasteiger partial charge is 0.384 e. The number of hydrogen-bond donors (Lipinski definition) is 1. The Morgan fingerprint density at radius 3 is 2.64 bits per heavy atom. The number of aryl methyl sites for hydroxylation is 1. The van der Waals surface area contributed by atoms with Crippen molar-refractivity contribution in [2.24, 2.45) is 5.73 Å². The summed E-state index contributed by atoms with van der Waals surface area (Å²) in [5, 5.41) is 10.6. The first-order chi connectivity index (χ1) is 13.4. The van der Waals surface area contributed by atoms with Crippen LogP contribution in [-0.2, 0) is 4.79 Å². The molecule has 2 heterocycles. The second kappa shape index (κ2) is 7.40. The van der Waals surface area contributed by atoms with Gasteiger partial charge in [0.2, 0.25) is 0 Å². The fourth-order valence-electron chi connectivity index (χ4n) is 3.88. The van der Waals surface area contributed by atoms with Gasteiger partial charge in [0.1, 0.15) is 5.82 Å². The van der Waals surface area contributed by atoms with Gasteiger partial charge in [-0.2, -0.15) is 5.26 Å². The molecular formula is C21H17BrClN3OS. The summed E-state index contributed by atoms with van der Waals surface area (Å²) >= 11 is 11.2. The third kappa shape index (κ3) is 3.08. The van der Waals surface area contributed by atoms with Crippen LogP contribution in [0.3, 0.4) is 0 Å². The van der Waals surface area contributed by atoms with Crippen molar-refractivity contribution in [3.63, 3.8) is 0 Å². The highest BCUT2D eigenvalue weighted by molar-refractivity contribution is 9.10. The summed E-state index contributed by atoms with van der Waals surface area (Å²) in [7, 11) is 0. The lowest BCUT2D eigenvalue weighted by molar-refractivity contribution is -0.116. The standard InChI is InChI=1S/C21H17BrClN3OS/c1-11-15(22)9-18(28-11)19-14(10-24)21(25)26(13-7-5-12(23)6-8-13)16-3-2-4-17(27)20(16)19/h5-9,19H,2-4,25H2,1H3. The molecule has 4 nitrogen and oxygen atoms in total. The van der Waals surface area contributed by atoms with E-state index >= 15 is 0 Å². The van der Waals surface area contributed by atoms with E-state index in [2.05, 4.69) is 22.0 Å². The van der Waals surface area contributed by atoms with E-state index in [0.717, 1.165) is 38.5 Å². The smallest absolute Gasteiger partial charge is 0.161 e. The normalized spacial score (nSPS) is 19.7. The molecule has 0 saturated heterocycles. The number of carbonyl (C=O) groups is 1. The maximum Gasteiger partial charge on any atom is 0.161 e. The van der Waals surface area contributed by atoms with Gasteiger partial charge in [-0.05, 0) is 66.0 Å². The van der Waals surface area contributed by atoms with Crippen molar-refractivity contribution in [1.82, 2.24) is 0 Å². The molecule has 0 amide bonds. The van der Waals surface area contributed by atoms with E-state index in [0.29, 0.717) is 28.4 Å². The van der Waals surface area contributed by atoms with Crippen LogP contribution < -0.4 is 10.6 Å². The average molecular weight is 475 g/mol. The molecule has 0 fully saturated rings. The van der Waals surface area contributed by atoms with E-state index in [4.69, 9.17) is 17.3 Å². The molecule has 2 aliphatic rings. The van der Waals surface area contributed by atoms with E-state index in [-0.39, 0.29) is 5.78 Å². The summed E-state index contributed by atoms with van der Waals surface area (Å²) in [6, 6.07) is 11.6. The van der Waals surface area contributed by atoms with Crippen LogP contribution in [0.5, 0.6) is 0 Å². The zero-order valence-electron chi connectivity index (χ0n) is 15.1. The first-order valence-electron chi connectivity index (χ1n) is 8.90. The van der Waals surface area contributed by atoms with Crippen LogP contribution >= 0.6 is 38.9 Å². The number of anilines is 1. The Bertz CT molecular complexity index is 1060. The van der Waals surface area contributed by atoms with Gasteiger partial charge >= 0.3 is 0 Å². The van der Waals surface area contributed by atoms with E-state index in [1.807, 2.05) is 30.0 Å². The van der Waals surface area contributed by atoms with Gasteiger partial charge in [-0.1, -0.05) is 11.6 Å². The van der Waals surface area contributed by atoms with Crippen LogP contribution in [0.4, 0.5) is 5.69 Å². The molecule has 28 heavy (non-hydrogen) atoms. The number of rotatable bonds is 2. The zero-order chi connectivity index (χ0) is 20.0. The number of benzene rings is 1. The molecule has 0 spiro atoms. The van der Waals surface area contributed by atoms with Gasteiger partial charge in [-0.25, -0.2) is 0 Å². The molecule has 2 aromatic rings. The minimum atomic E-state index is -0.411. The third-order valence-corrected chi connectivity index (χ3v) is 7.61. The minimum Gasteiger partial charge on any atom is -0.384 e. The number of hydrogen-bond acceptors (Lipinski definition) is 5. The quantitative estimate of drug-likeness (QED) is 0.599. The molecule has 1 atom stereocenters. The number of ketones is 1. The molecule has 1 aromatic carbocycles. The average Bonchev–Trinajstić information content (AvgIpc) is 3.00. The predicted octanol–water partition coefficient (Wildman–Crippen LogP) is 5.78. The van der Waals surface area contributed by atoms with Crippen LogP contribution in [0.25, 0.3) is 0 Å². The van der Waals surface area contributed by atoms with Crippen molar-refractivity contribution in [3.8, 4) is 6.07 Å². The summed E-state index contributed by atoms with van der Waals surface area (Å²) in [6.07, 6.45) is 2.01. The highest BCUT2D eigenvalue weighted by Crippen LogP contribution is 2.48. The molecule has 142 valence electrons. The van der Waals surface area contributed by atoms with Crippen molar-refractivity contribution >= 4 is 50.3 Å². The molecule has 1 aromatic heterocycles. The lowest BCUT2D eigenvalue weighted by Gasteiger charge is -2.39. The second-order valence-corrected chi connectivity index (χ2v) is 9.42. The van der Waals surface area contributed by atoms with Crippen molar-refractivity contribution in [3.05, 3.63) is 72.2 Å². The number of allylic oxidation sites excluding steroid dienone is 3. The van der Waals surface area contributed by atoms with Crippen molar-refractivity contribution in [1.29, 1.82) is 5.26 Å². The van der Waals surface area contributed by atoms with Crippen molar-refractivity contribution in [2.75, 3.05) is 4.90 Å². The minimum absolute atomic E-state index is 0.0904. The molecule has 4 rings (SSSR count). The van der Waals surface area contributed by atoms with Crippen LogP contribution in [-0.4, -0.2) is 5.78 Å². The molecule has 1 aliphatic carbocycles. The van der Waals surface area contributed by atoms with Gasteiger partial charge in [-0.15, -0.1) is 11.3 Å². The van der Waals surface area contributed by atoms with Crippen molar-refractivity contribution in [2.45, 2.75) is 32.1 Å². The van der Waals surface area contributed by atoms with Gasteiger partial charge in [-0.3, -0.25) is 9.69 Å². The number of thiophene rings is 1. The second-order valence-electron chi connectivity index (χ2n) is 6.85. The van der Waals surface area contributed by atoms with Crippen LogP contribution in [0.15, 0.2) is 57.5 Å². The molecule has 0 saturated carbocycles. The van der Waals surface area contributed by atoms with E-state index in [1.54, 1.807) is 23.5 Å². The summed E-state index contributed by atoms with van der Waals surface area (Å²) in [6.45, 7) is 2.01. The number of halogens is 2. The van der Waals surface area contributed by atoms with Gasteiger partial charge in [0.25, 0.3) is 0 Å². The molecule has 7 heteroatoms. The third-order valence-electron chi connectivity index (χ3n) is 5.16. The summed E-state index contributed by atoms with van der Waals surface area (Å²) in [5.74, 6) is 0.0597. The SMILES string of the molecule is Cc1sc(C2C(C#N)=C(N)N(c3ccc(Cl)cc3)C3=C2C(=O)CCC3)cc1Br. The van der Waals surface area contributed by atoms with Gasteiger partial charge in [0.15, 0.2) is 5.78 Å². The van der Waals surface area contributed by atoms with E-state index < -0.39 is 5.92 Å². The van der Waals surface area contributed by atoms with Crippen LogP contribution in [0.2, 0.25) is 5.02 Å². The molecule has 1 unspecified atom stereocenters. The lowest BCUT2D eigenvalue weighted by atomic mass is 9.78. The fourth-order valence-corrected chi connectivity index (χ4v) is 5.69.